The minimum Gasteiger partial charge on any atom is -0.334 e. The lowest BCUT2D eigenvalue weighted by Crippen LogP contribution is -1.94. The third-order valence-corrected chi connectivity index (χ3v) is 5.65. The van der Waals surface area contributed by atoms with Crippen LogP contribution in [0, 0.1) is 5.82 Å². The predicted molar refractivity (Wildman–Crippen MR) is 98.6 cm³/mol. The number of hydrogen-bond acceptors (Lipinski definition) is 7. The maximum atomic E-state index is 13.9. The first-order chi connectivity index (χ1) is 12.6. The van der Waals surface area contributed by atoms with E-state index in [1.165, 1.54) is 30.0 Å². The van der Waals surface area contributed by atoms with Gasteiger partial charge in [-0.05, 0) is 29.6 Å². The molecule has 0 aliphatic carbocycles. The standard InChI is InChI=1S/C16H11ClFN5OS2/c1-23-14(12-3-2-6-25-12)20-21-16(23)26-8-13-19-15(24-22-13)10-7-9(17)4-5-11(10)18/h2-7H,8H2,1H3. The van der Waals surface area contributed by atoms with Crippen LogP contribution in [0.3, 0.4) is 0 Å². The van der Waals surface area contributed by atoms with E-state index < -0.39 is 5.82 Å². The fourth-order valence-corrected chi connectivity index (χ4v) is 3.94. The van der Waals surface area contributed by atoms with E-state index in [-0.39, 0.29) is 11.5 Å². The Kier molecular flexibility index (Phi) is 4.75. The lowest BCUT2D eigenvalue weighted by Gasteiger charge is -2.00. The highest BCUT2D eigenvalue weighted by atomic mass is 35.5. The van der Waals surface area contributed by atoms with Crippen molar-refractivity contribution in [1.29, 1.82) is 0 Å². The van der Waals surface area contributed by atoms with E-state index in [0.29, 0.717) is 16.6 Å². The summed E-state index contributed by atoms with van der Waals surface area (Å²) in [6, 6.07) is 8.15. The minimum absolute atomic E-state index is 0.0952. The number of halogens is 2. The smallest absolute Gasteiger partial charge is 0.260 e. The Morgan fingerprint density at radius 2 is 2.19 bits per heavy atom. The van der Waals surface area contributed by atoms with Crippen molar-refractivity contribution in [2.75, 3.05) is 0 Å². The molecule has 0 saturated heterocycles. The second-order valence-corrected chi connectivity index (χ2v) is 7.60. The highest BCUT2D eigenvalue weighted by Crippen LogP contribution is 2.28. The minimum atomic E-state index is -0.467. The van der Waals surface area contributed by atoms with Gasteiger partial charge in [0.05, 0.1) is 16.2 Å². The molecule has 10 heteroatoms. The fourth-order valence-electron chi connectivity index (χ4n) is 2.27. The Bertz CT molecular complexity index is 1050. The van der Waals surface area contributed by atoms with E-state index >= 15 is 0 Å². The largest absolute Gasteiger partial charge is 0.334 e. The summed E-state index contributed by atoms with van der Waals surface area (Å²) in [5, 5.41) is 15.4. The molecule has 0 saturated carbocycles. The monoisotopic (exact) mass is 407 g/mol. The van der Waals surface area contributed by atoms with Crippen molar-refractivity contribution in [3.8, 4) is 22.2 Å². The summed E-state index contributed by atoms with van der Waals surface area (Å²) in [6.45, 7) is 0. The van der Waals surface area contributed by atoms with Gasteiger partial charge < -0.3 is 9.09 Å². The molecular formula is C16H11ClFN5OS2. The summed E-state index contributed by atoms with van der Waals surface area (Å²) in [6.07, 6.45) is 0. The van der Waals surface area contributed by atoms with Crippen LogP contribution in [0.5, 0.6) is 0 Å². The normalized spacial score (nSPS) is 11.2. The van der Waals surface area contributed by atoms with Crippen LogP contribution in [0.4, 0.5) is 4.39 Å². The first-order valence-electron chi connectivity index (χ1n) is 7.46. The maximum Gasteiger partial charge on any atom is 0.260 e. The summed E-state index contributed by atoms with van der Waals surface area (Å²) >= 11 is 8.93. The molecule has 0 radical (unpaired) electrons. The van der Waals surface area contributed by atoms with E-state index in [2.05, 4.69) is 20.3 Å². The van der Waals surface area contributed by atoms with Crippen molar-refractivity contribution in [1.82, 2.24) is 24.9 Å². The number of thioether (sulfide) groups is 1. The lowest BCUT2D eigenvalue weighted by molar-refractivity contribution is 0.422. The van der Waals surface area contributed by atoms with Crippen LogP contribution in [0.15, 0.2) is 45.4 Å². The molecule has 3 heterocycles. The number of rotatable bonds is 5. The molecule has 0 amide bonds. The second-order valence-electron chi connectivity index (χ2n) is 5.27. The van der Waals surface area contributed by atoms with Gasteiger partial charge in [-0.2, -0.15) is 4.98 Å². The van der Waals surface area contributed by atoms with E-state index in [4.69, 9.17) is 16.1 Å². The van der Waals surface area contributed by atoms with Crippen LogP contribution in [-0.4, -0.2) is 24.9 Å². The molecule has 4 aromatic rings. The molecule has 0 N–H and O–H groups in total. The van der Waals surface area contributed by atoms with Gasteiger partial charge in [0.25, 0.3) is 5.89 Å². The van der Waals surface area contributed by atoms with Gasteiger partial charge in [0.2, 0.25) is 0 Å². The zero-order valence-electron chi connectivity index (χ0n) is 13.4. The van der Waals surface area contributed by atoms with Crippen molar-refractivity contribution in [2.24, 2.45) is 7.05 Å². The molecule has 3 aromatic heterocycles. The van der Waals surface area contributed by atoms with Crippen LogP contribution in [0.1, 0.15) is 5.82 Å². The van der Waals surface area contributed by atoms with Crippen LogP contribution >= 0.6 is 34.7 Å². The van der Waals surface area contributed by atoms with E-state index in [9.17, 15) is 4.39 Å². The lowest BCUT2D eigenvalue weighted by atomic mass is 10.2. The maximum absolute atomic E-state index is 13.9. The van der Waals surface area contributed by atoms with Crippen LogP contribution in [0.25, 0.3) is 22.2 Å². The van der Waals surface area contributed by atoms with Gasteiger partial charge in [0.1, 0.15) is 5.82 Å². The van der Waals surface area contributed by atoms with Gasteiger partial charge in [-0.1, -0.05) is 34.6 Å². The van der Waals surface area contributed by atoms with Crippen molar-refractivity contribution < 1.29 is 8.91 Å². The molecule has 0 aliphatic heterocycles. The van der Waals surface area contributed by atoms with Crippen LogP contribution < -0.4 is 0 Å². The summed E-state index contributed by atoms with van der Waals surface area (Å²) in [7, 11) is 1.90. The second kappa shape index (κ2) is 7.18. The third kappa shape index (κ3) is 3.37. The Labute approximate surface area is 161 Å². The number of hydrogen-bond donors (Lipinski definition) is 0. The van der Waals surface area contributed by atoms with Crippen molar-refractivity contribution in [2.45, 2.75) is 10.9 Å². The average molecular weight is 408 g/mol. The molecule has 0 atom stereocenters. The summed E-state index contributed by atoms with van der Waals surface area (Å²) in [5.41, 5.74) is 0.180. The number of thiophene rings is 1. The van der Waals surface area contributed by atoms with Gasteiger partial charge in [-0.25, -0.2) is 4.39 Å². The van der Waals surface area contributed by atoms with E-state index in [1.54, 1.807) is 11.3 Å². The van der Waals surface area contributed by atoms with Crippen LogP contribution in [-0.2, 0) is 12.8 Å². The van der Waals surface area contributed by atoms with Crippen LogP contribution in [0.2, 0.25) is 5.02 Å². The molecule has 0 unspecified atom stereocenters. The zero-order valence-corrected chi connectivity index (χ0v) is 15.8. The summed E-state index contributed by atoms with van der Waals surface area (Å²) in [4.78, 5) is 5.28. The number of benzene rings is 1. The highest BCUT2D eigenvalue weighted by Gasteiger charge is 2.16. The van der Waals surface area contributed by atoms with Crippen molar-refractivity contribution in [3.05, 3.63) is 52.4 Å². The Morgan fingerprint density at radius 1 is 1.31 bits per heavy atom. The topological polar surface area (TPSA) is 69.6 Å². The van der Waals surface area contributed by atoms with Gasteiger partial charge in [0, 0.05) is 12.1 Å². The molecule has 0 fully saturated rings. The summed E-state index contributed by atoms with van der Waals surface area (Å²) < 4.78 is 21.0. The molecule has 0 spiro atoms. The van der Waals surface area contributed by atoms with Gasteiger partial charge >= 0.3 is 0 Å². The Hall–Kier alpha value is -2.23. The van der Waals surface area contributed by atoms with E-state index in [1.807, 2.05) is 29.1 Å². The average Bonchev–Trinajstić information content (AvgIpc) is 3.36. The van der Waals surface area contributed by atoms with Gasteiger partial charge in [-0.15, -0.1) is 21.5 Å². The molecular weight excluding hydrogens is 397 g/mol. The zero-order chi connectivity index (χ0) is 18.1. The quantitative estimate of drug-likeness (QED) is 0.447. The third-order valence-electron chi connectivity index (χ3n) is 3.53. The SMILES string of the molecule is Cn1c(SCc2noc(-c3cc(Cl)ccc3F)n2)nnc1-c1cccs1. The predicted octanol–water partition coefficient (Wildman–Crippen LogP) is 4.68. The molecule has 0 bridgehead atoms. The Balaban J connectivity index is 1.50. The number of aromatic nitrogens is 5. The highest BCUT2D eigenvalue weighted by molar-refractivity contribution is 7.98. The molecule has 26 heavy (non-hydrogen) atoms. The molecule has 1 aromatic carbocycles. The first-order valence-corrected chi connectivity index (χ1v) is 9.70. The van der Waals surface area contributed by atoms with E-state index in [0.717, 1.165) is 15.9 Å². The Morgan fingerprint density at radius 3 is 3.00 bits per heavy atom. The molecule has 132 valence electrons. The summed E-state index contributed by atoms with van der Waals surface area (Å²) in [5.74, 6) is 1.29. The molecule has 4 rings (SSSR count). The molecule has 0 aliphatic rings. The van der Waals surface area contributed by atoms with Crippen molar-refractivity contribution in [3.63, 3.8) is 0 Å². The number of nitrogens with zero attached hydrogens (tertiary/aromatic N) is 5. The molecule has 6 nitrogen and oxygen atoms in total. The fraction of sp³-hybridized carbons (Fsp3) is 0.125. The van der Waals surface area contributed by atoms with Crippen molar-refractivity contribution >= 4 is 34.7 Å². The van der Waals surface area contributed by atoms with Gasteiger partial charge in [0.15, 0.2) is 16.8 Å². The first kappa shape index (κ1) is 17.2. The van der Waals surface area contributed by atoms with Gasteiger partial charge in [-0.3, -0.25) is 0 Å².